The zero-order valence-corrected chi connectivity index (χ0v) is 19.9. The average molecular weight is 436 g/mol. The second-order valence-electron chi connectivity index (χ2n) is 8.89. The van der Waals surface area contributed by atoms with Crippen molar-refractivity contribution < 1.29 is 18.7 Å². The number of carbonyl (C=O) groups excluding carboxylic acids is 1. The molecule has 1 aliphatic heterocycles. The van der Waals surface area contributed by atoms with Gasteiger partial charge in [-0.05, 0) is 38.4 Å². The quantitative estimate of drug-likeness (QED) is 0.183. The van der Waals surface area contributed by atoms with Crippen molar-refractivity contribution in [2.24, 2.45) is 0 Å². The molecule has 178 valence electrons. The van der Waals surface area contributed by atoms with E-state index in [-0.39, 0.29) is 5.76 Å². The Labute approximate surface area is 189 Å². The Morgan fingerprint density at radius 2 is 1.45 bits per heavy atom. The van der Waals surface area contributed by atoms with Crippen molar-refractivity contribution in [2.45, 2.75) is 103 Å². The molecule has 0 aliphatic carbocycles. The predicted molar refractivity (Wildman–Crippen MR) is 126 cm³/mol. The van der Waals surface area contributed by atoms with Crippen LogP contribution in [-0.4, -0.2) is 43.7 Å². The number of esters is 1. The highest BCUT2D eigenvalue weighted by Crippen LogP contribution is 2.18. The van der Waals surface area contributed by atoms with E-state index in [1.807, 2.05) is 0 Å². The standard InChI is InChI=1S/C26H45NO4/c1-2-3-4-5-6-7-8-9-10-11-12-16-22-29-25-18-17-24(31-25)26(28)30-23-21-27-19-14-13-15-20-27/h17-18H,2-16,19-23H2,1H3. The van der Waals surface area contributed by atoms with Gasteiger partial charge in [-0.2, -0.15) is 0 Å². The largest absolute Gasteiger partial charge is 0.465 e. The number of unbranched alkanes of at least 4 members (excludes halogenated alkanes) is 11. The molecule has 1 fully saturated rings. The smallest absolute Gasteiger partial charge is 0.374 e. The Morgan fingerprint density at radius 1 is 0.839 bits per heavy atom. The predicted octanol–water partition coefficient (Wildman–Crippen LogP) is 7.00. The van der Waals surface area contributed by atoms with Crippen LogP contribution in [0.1, 0.15) is 114 Å². The van der Waals surface area contributed by atoms with Crippen LogP contribution in [0.5, 0.6) is 5.95 Å². The second kappa shape index (κ2) is 17.1. The molecule has 0 unspecified atom stereocenters. The molecule has 1 saturated heterocycles. The molecule has 1 aliphatic rings. The molecule has 2 rings (SSSR count). The van der Waals surface area contributed by atoms with Crippen LogP contribution in [0.15, 0.2) is 16.5 Å². The number of nitrogens with zero attached hydrogens (tertiary/aromatic N) is 1. The van der Waals surface area contributed by atoms with Gasteiger partial charge in [0.2, 0.25) is 5.76 Å². The summed E-state index contributed by atoms with van der Waals surface area (Å²) in [6, 6.07) is 3.35. The molecule has 0 saturated carbocycles. The van der Waals surface area contributed by atoms with Crippen LogP contribution in [0.2, 0.25) is 0 Å². The summed E-state index contributed by atoms with van der Waals surface area (Å²) in [7, 11) is 0. The van der Waals surface area contributed by atoms with Crippen LogP contribution in [0.4, 0.5) is 0 Å². The summed E-state index contributed by atoms with van der Waals surface area (Å²) in [4.78, 5) is 14.4. The number of carbonyl (C=O) groups is 1. The van der Waals surface area contributed by atoms with Gasteiger partial charge in [0.05, 0.1) is 6.61 Å². The van der Waals surface area contributed by atoms with E-state index in [2.05, 4.69) is 11.8 Å². The van der Waals surface area contributed by atoms with Gasteiger partial charge >= 0.3 is 5.97 Å². The van der Waals surface area contributed by atoms with E-state index in [9.17, 15) is 4.79 Å². The molecule has 0 bridgehead atoms. The molecule has 0 aromatic carbocycles. The van der Waals surface area contributed by atoms with E-state index < -0.39 is 5.97 Å². The molecule has 31 heavy (non-hydrogen) atoms. The highest BCUT2D eigenvalue weighted by atomic mass is 16.6. The third kappa shape index (κ3) is 12.2. The lowest BCUT2D eigenvalue weighted by Gasteiger charge is -2.25. The topological polar surface area (TPSA) is 51.9 Å². The number of hydrogen-bond acceptors (Lipinski definition) is 5. The molecule has 0 radical (unpaired) electrons. The van der Waals surface area contributed by atoms with Gasteiger partial charge in [-0.3, -0.25) is 4.90 Å². The molecule has 0 atom stereocenters. The van der Waals surface area contributed by atoms with Gasteiger partial charge in [-0.25, -0.2) is 4.79 Å². The molecule has 0 spiro atoms. The van der Waals surface area contributed by atoms with E-state index in [0.717, 1.165) is 26.1 Å². The lowest BCUT2D eigenvalue weighted by atomic mass is 10.1. The van der Waals surface area contributed by atoms with Crippen LogP contribution >= 0.6 is 0 Å². The van der Waals surface area contributed by atoms with Gasteiger partial charge < -0.3 is 13.9 Å². The second-order valence-corrected chi connectivity index (χ2v) is 8.89. The first-order chi connectivity index (χ1) is 15.3. The average Bonchev–Trinajstić information content (AvgIpc) is 3.27. The fourth-order valence-electron chi connectivity index (χ4n) is 4.14. The minimum Gasteiger partial charge on any atom is -0.465 e. The summed E-state index contributed by atoms with van der Waals surface area (Å²) >= 11 is 0. The van der Waals surface area contributed by atoms with Crippen molar-refractivity contribution >= 4 is 5.97 Å². The van der Waals surface area contributed by atoms with Crippen molar-refractivity contribution in [3.63, 3.8) is 0 Å². The summed E-state index contributed by atoms with van der Waals surface area (Å²) in [5.41, 5.74) is 0. The zero-order valence-electron chi connectivity index (χ0n) is 19.9. The number of rotatable bonds is 18. The van der Waals surface area contributed by atoms with Gasteiger partial charge in [0, 0.05) is 12.6 Å². The maximum atomic E-state index is 12.1. The molecular weight excluding hydrogens is 390 g/mol. The number of likely N-dealkylation sites (tertiary alicyclic amines) is 1. The molecule has 0 amide bonds. The van der Waals surface area contributed by atoms with Crippen molar-refractivity contribution in [2.75, 3.05) is 32.8 Å². The minimum atomic E-state index is -0.405. The Kier molecular flexibility index (Phi) is 14.2. The molecule has 1 aromatic rings. The van der Waals surface area contributed by atoms with Crippen molar-refractivity contribution in [3.8, 4) is 5.95 Å². The Morgan fingerprint density at radius 3 is 2.10 bits per heavy atom. The summed E-state index contributed by atoms with van der Waals surface area (Å²) in [6.45, 7) is 6.33. The first kappa shape index (κ1) is 25.8. The van der Waals surface area contributed by atoms with Gasteiger partial charge in [-0.15, -0.1) is 0 Å². The van der Waals surface area contributed by atoms with Crippen LogP contribution in [0, 0.1) is 0 Å². The Balaban J connectivity index is 1.42. The minimum absolute atomic E-state index is 0.225. The maximum Gasteiger partial charge on any atom is 0.374 e. The number of piperidine rings is 1. The molecule has 1 aromatic heterocycles. The van der Waals surface area contributed by atoms with E-state index in [1.165, 1.54) is 89.9 Å². The summed E-state index contributed by atoms with van der Waals surface area (Å²) < 4.78 is 16.5. The normalized spacial score (nSPS) is 14.6. The summed E-state index contributed by atoms with van der Waals surface area (Å²) in [5.74, 6) is 0.228. The fourth-order valence-corrected chi connectivity index (χ4v) is 4.14. The highest BCUT2D eigenvalue weighted by molar-refractivity contribution is 5.86. The van der Waals surface area contributed by atoms with Crippen LogP contribution < -0.4 is 4.74 Å². The third-order valence-electron chi connectivity index (χ3n) is 6.11. The molecule has 2 heterocycles. The van der Waals surface area contributed by atoms with Crippen molar-refractivity contribution in [1.82, 2.24) is 4.90 Å². The molecule has 5 heteroatoms. The lowest BCUT2D eigenvalue weighted by Crippen LogP contribution is -2.33. The molecule has 5 nitrogen and oxygen atoms in total. The first-order valence-electron chi connectivity index (χ1n) is 12.9. The van der Waals surface area contributed by atoms with Crippen LogP contribution in [0.25, 0.3) is 0 Å². The van der Waals surface area contributed by atoms with E-state index in [4.69, 9.17) is 13.9 Å². The zero-order chi connectivity index (χ0) is 22.0. The Bertz CT molecular complexity index is 566. The fraction of sp³-hybridized carbons (Fsp3) is 0.808. The number of hydrogen-bond donors (Lipinski definition) is 0. The van der Waals surface area contributed by atoms with Crippen molar-refractivity contribution in [1.29, 1.82) is 0 Å². The molecular formula is C26H45NO4. The molecule has 0 N–H and O–H groups in total. The SMILES string of the molecule is CCCCCCCCCCCCCCOc1ccc(C(=O)OCCN2CCCCC2)o1. The van der Waals surface area contributed by atoms with Crippen LogP contribution in [-0.2, 0) is 4.74 Å². The van der Waals surface area contributed by atoms with E-state index in [0.29, 0.717) is 19.2 Å². The summed E-state index contributed by atoms with van der Waals surface area (Å²) in [5, 5.41) is 0. The van der Waals surface area contributed by atoms with E-state index in [1.54, 1.807) is 12.1 Å². The third-order valence-corrected chi connectivity index (χ3v) is 6.11. The Hall–Kier alpha value is -1.49. The first-order valence-corrected chi connectivity index (χ1v) is 12.9. The highest BCUT2D eigenvalue weighted by Gasteiger charge is 2.15. The summed E-state index contributed by atoms with van der Waals surface area (Å²) in [6.07, 6.45) is 19.7. The maximum absolute atomic E-state index is 12.1. The monoisotopic (exact) mass is 435 g/mol. The number of furan rings is 1. The van der Waals surface area contributed by atoms with Gasteiger partial charge in [-0.1, -0.05) is 84.0 Å². The van der Waals surface area contributed by atoms with Gasteiger partial charge in [0.25, 0.3) is 5.95 Å². The van der Waals surface area contributed by atoms with Gasteiger partial charge in [0.1, 0.15) is 6.61 Å². The van der Waals surface area contributed by atoms with Crippen molar-refractivity contribution in [3.05, 3.63) is 17.9 Å². The van der Waals surface area contributed by atoms with Crippen LogP contribution in [0.3, 0.4) is 0 Å². The number of ether oxygens (including phenoxy) is 2. The van der Waals surface area contributed by atoms with Gasteiger partial charge in [0.15, 0.2) is 0 Å². The lowest BCUT2D eigenvalue weighted by molar-refractivity contribution is 0.0409. The van der Waals surface area contributed by atoms with E-state index >= 15 is 0 Å².